The number of hydrogen-bond donors (Lipinski definition) is 4. The van der Waals surface area contributed by atoms with Gasteiger partial charge in [-0.15, -0.1) is 10.2 Å². The Morgan fingerprint density at radius 2 is 1.97 bits per heavy atom. The van der Waals surface area contributed by atoms with Crippen LogP contribution >= 0.6 is 0 Å². The van der Waals surface area contributed by atoms with Crippen LogP contribution in [0.3, 0.4) is 0 Å². The Morgan fingerprint density at radius 1 is 1.18 bits per heavy atom. The standard InChI is InChI=1S/C22H23BN6O4/c1-13-9-17-15(12-33-2)6-4-8-18(17)29(13)22-26-21(19(20(24)30)27-28-22)25-11-14-5-3-7-16(10-14)23(31)32/h3-10,31-32H,11-12H2,1-2H3,(H2,24,30)(H,25,26,28). The van der Waals surface area contributed by atoms with Crippen LogP contribution in [-0.4, -0.2) is 49.9 Å². The van der Waals surface area contributed by atoms with E-state index in [2.05, 4.69) is 20.5 Å². The van der Waals surface area contributed by atoms with Crippen molar-refractivity contribution in [2.24, 2.45) is 5.73 Å². The van der Waals surface area contributed by atoms with Gasteiger partial charge in [-0.25, -0.2) is 0 Å². The number of benzene rings is 2. The summed E-state index contributed by atoms with van der Waals surface area (Å²) in [4.78, 5) is 16.5. The first-order valence-corrected chi connectivity index (χ1v) is 10.2. The monoisotopic (exact) mass is 446 g/mol. The molecule has 2 aromatic carbocycles. The number of methoxy groups -OCH3 is 1. The molecule has 0 atom stereocenters. The Hall–Kier alpha value is -3.80. The van der Waals surface area contributed by atoms with Gasteiger partial charge in [0.2, 0.25) is 0 Å². The van der Waals surface area contributed by atoms with Crippen molar-refractivity contribution in [1.29, 1.82) is 0 Å². The highest BCUT2D eigenvalue weighted by Crippen LogP contribution is 2.26. The van der Waals surface area contributed by atoms with E-state index in [0.717, 1.165) is 27.7 Å². The van der Waals surface area contributed by atoms with Crippen molar-refractivity contribution in [1.82, 2.24) is 19.7 Å². The van der Waals surface area contributed by atoms with Crippen LogP contribution in [0.2, 0.25) is 0 Å². The molecule has 0 bridgehead atoms. The second kappa shape index (κ2) is 9.37. The minimum atomic E-state index is -1.58. The van der Waals surface area contributed by atoms with E-state index < -0.39 is 13.0 Å². The molecular weight excluding hydrogens is 423 g/mol. The maximum atomic E-state index is 11.9. The molecule has 33 heavy (non-hydrogen) atoms. The Balaban J connectivity index is 1.73. The van der Waals surface area contributed by atoms with E-state index in [4.69, 9.17) is 10.5 Å². The second-order valence-electron chi connectivity index (χ2n) is 7.55. The fourth-order valence-corrected chi connectivity index (χ4v) is 3.72. The molecule has 2 heterocycles. The summed E-state index contributed by atoms with van der Waals surface area (Å²) >= 11 is 0. The minimum absolute atomic E-state index is 0.0914. The summed E-state index contributed by atoms with van der Waals surface area (Å²) in [7, 11) is 0.0686. The van der Waals surface area contributed by atoms with E-state index in [1.165, 1.54) is 0 Å². The Bertz CT molecular complexity index is 1320. The Kier molecular flexibility index (Phi) is 6.36. The molecule has 168 valence electrons. The SMILES string of the molecule is COCc1cccc2c1cc(C)n2-c1nnc(C(N)=O)c(NCc2cccc(B(O)O)c2)n1. The number of carbonyl (C=O) groups is 1. The molecule has 0 saturated heterocycles. The normalized spacial score (nSPS) is 11.0. The number of aryl methyl sites for hydroxylation is 1. The van der Waals surface area contributed by atoms with Crippen LogP contribution in [0.4, 0.5) is 5.82 Å². The molecule has 0 unspecified atom stereocenters. The van der Waals surface area contributed by atoms with Crippen LogP contribution < -0.4 is 16.5 Å². The fourth-order valence-electron chi connectivity index (χ4n) is 3.72. The number of ether oxygens (including phenoxy) is 1. The van der Waals surface area contributed by atoms with Crippen molar-refractivity contribution in [2.75, 3.05) is 12.4 Å². The lowest BCUT2D eigenvalue weighted by atomic mass is 9.80. The zero-order valence-corrected chi connectivity index (χ0v) is 18.2. The molecular formula is C22H23BN6O4. The predicted molar refractivity (Wildman–Crippen MR) is 124 cm³/mol. The summed E-state index contributed by atoms with van der Waals surface area (Å²) in [5.41, 5.74) is 9.29. The first-order valence-electron chi connectivity index (χ1n) is 10.2. The van der Waals surface area contributed by atoms with Crippen LogP contribution in [0.25, 0.3) is 16.9 Å². The summed E-state index contributed by atoms with van der Waals surface area (Å²) in [5, 5.41) is 31.0. The third kappa shape index (κ3) is 4.56. The molecule has 1 amide bonds. The van der Waals surface area contributed by atoms with Gasteiger partial charge in [-0.2, -0.15) is 4.98 Å². The van der Waals surface area contributed by atoms with Gasteiger partial charge < -0.3 is 25.8 Å². The van der Waals surface area contributed by atoms with Crippen molar-refractivity contribution in [3.63, 3.8) is 0 Å². The molecule has 0 spiro atoms. The molecule has 0 radical (unpaired) electrons. The average Bonchev–Trinajstić information content (AvgIpc) is 3.14. The summed E-state index contributed by atoms with van der Waals surface area (Å²) in [6, 6.07) is 14.6. The number of rotatable bonds is 8. The van der Waals surface area contributed by atoms with Crippen LogP contribution in [0.5, 0.6) is 0 Å². The average molecular weight is 446 g/mol. The zero-order valence-electron chi connectivity index (χ0n) is 18.2. The molecule has 10 nitrogen and oxygen atoms in total. The minimum Gasteiger partial charge on any atom is -0.423 e. The van der Waals surface area contributed by atoms with E-state index in [1.54, 1.807) is 31.4 Å². The van der Waals surface area contributed by atoms with Gasteiger partial charge in [-0.1, -0.05) is 36.4 Å². The van der Waals surface area contributed by atoms with Crippen molar-refractivity contribution in [2.45, 2.75) is 20.1 Å². The van der Waals surface area contributed by atoms with E-state index >= 15 is 0 Å². The van der Waals surface area contributed by atoms with Crippen molar-refractivity contribution in [3.05, 3.63) is 71.0 Å². The molecule has 4 aromatic rings. The zero-order chi connectivity index (χ0) is 23.5. The quantitative estimate of drug-likeness (QED) is 0.289. The molecule has 4 rings (SSSR count). The smallest absolute Gasteiger partial charge is 0.423 e. The third-order valence-corrected chi connectivity index (χ3v) is 5.24. The highest BCUT2D eigenvalue weighted by atomic mass is 16.5. The molecule has 0 saturated carbocycles. The van der Waals surface area contributed by atoms with E-state index in [-0.39, 0.29) is 24.0 Å². The number of nitrogens with two attached hydrogens (primary N) is 1. The first-order chi connectivity index (χ1) is 15.9. The van der Waals surface area contributed by atoms with Gasteiger partial charge in [0.05, 0.1) is 12.1 Å². The maximum Gasteiger partial charge on any atom is 0.488 e. The van der Waals surface area contributed by atoms with Crippen molar-refractivity contribution >= 4 is 35.2 Å². The number of carbonyl (C=O) groups excluding carboxylic acids is 1. The number of nitrogens with zero attached hydrogens (tertiary/aromatic N) is 4. The van der Waals surface area contributed by atoms with Crippen LogP contribution in [0.1, 0.15) is 27.3 Å². The van der Waals surface area contributed by atoms with Gasteiger partial charge in [-0.05, 0) is 35.6 Å². The fraction of sp³-hybridized carbons (Fsp3) is 0.182. The Labute approximate surface area is 190 Å². The lowest BCUT2D eigenvalue weighted by molar-refractivity contribution is 0.0995. The molecule has 0 fully saturated rings. The summed E-state index contributed by atoms with van der Waals surface area (Å²) in [6.07, 6.45) is 0. The third-order valence-electron chi connectivity index (χ3n) is 5.24. The van der Waals surface area contributed by atoms with E-state index in [1.807, 2.05) is 35.8 Å². The molecule has 0 aliphatic heterocycles. The highest BCUT2D eigenvalue weighted by molar-refractivity contribution is 6.58. The van der Waals surface area contributed by atoms with Gasteiger partial charge in [0, 0.05) is 24.7 Å². The number of nitrogens with one attached hydrogen (secondary N) is 1. The van der Waals surface area contributed by atoms with Gasteiger partial charge in [0.15, 0.2) is 11.5 Å². The van der Waals surface area contributed by atoms with E-state index in [9.17, 15) is 14.8 Å². The summed E-state index contributed by atoms with van der Waals surface area (Å²) < 4.78 is 7.15. The Morgan fingerprint density at radius 3 is 2.70 bits per heavy atom. The van der Waals surface area contributed by atoms with Crippen LogP contribution in [0, 0.1) is 6.92 Å². The number of hydrogen-bond acceptors (Lipinski definition) is 8. The van der Waals surface area contributed by atoms with Crippen molar-refractivity contribution < 1.29 is 19.6 Å². The van der Waals surface area contributed by atoms with Crippen molar-refractivity contribution in [3.8, 4) is 5.95 Å². The number of fused-ring (bicyclic) bond motifs is 1. The maximum absolute atomic E-state index is 11.9. The first kappa shape index (κ1) is 22.4. The summed E-state index contributed by atoms with van der Waals surface area (Å²) in [5.74, 6) is -0.305. The lowest BCUT2D eigenvalue weighted by Crippen LogP contribution is -2.30. The number of aromatic nitrogens is 4. The van der Waals surface area contributed by atoms with Gasteiger partial charge in [0.25, 0.3) is 11.9 Å². The molecule has 0 aliphatic rings. The topological polar surface area (TPSA) is 148 Å². The van der Waals surface area contributed by atoms with E-state index in [0.29, 0.717) is 12.1 Å². The molecule has 0 aliphatic carbocycles. The second-order valence-corrected chi connectivity index (χ2v) is 7.55. The largest absolute Gasteiger partial charge is 0.488 e. The van der Waals surface area contributed by atoms with Crippen LogP contribution in [-0.2, 0) is 17.9 Å². The van der Waals surface area contributed by atoms with Gasteiger partial charge in [-0.3, -0.25) is 9.36 Å². The molecule has 2 aromatic heterocycles. The van der Waals surface area contributed by atoms with Crippen LogP contribution in [0.15, 0.2) is 48.5 Å². The van der Waals surface area contributed by atoms with Gasteiger partial charge >= 0.3 is 7.12 Å². The highest BCUT2D eigenvalue weighted by Gasteiger charge is 2.18. The number of anilines is 1. The van der Waals surface area contributed by atoms with Gasteiger partial charge in [0.1, 0.15) is 0 Å². The molecule has 11 heteroatoms. The summed E-state index contributed by atoms with van der Waals surface area (Å²) in [6.45, 7) is 2.65. The molecule has 5 N–H and O–H groups in total. The predicted octanol–water partition coefficient (Wildman–Crippen LogP) is 0.661. The lowest BCUT2D eigenvalue weighted by Gasteiger charge is -2.12. The number of primary amides is 1. The number of amides is 1.